The van der Waals surface area contributed by atoms with Crippen LogP contribution in [0.15, 0.2) is 4.99 Å². The van der Waals surface area contributed by atoms with Crippen molar-refractivity contribution in [3.05, 3.63) is 0 Å². The molecule has 0 bridgehead atoms. The van der Waals surface area contributed by atoms with Crippen molar-refractivity contribution in [2.75, 3.05) is 40.0 Å². The lowest BCUT2D eigenvalue weighted by atomic mass is 9.67. The summed E-state index contributed by atoms with van der Waals surface area (Å²) in [6.45, 7) is 6.54. The summed E-state index contributed by atoms with van der Waals surface area (Å²) in [5.74, 6) is 0.946. The number of rotatable bonds is 11. The number of nitrogens with one attached hydrogen (secondary N) is 2. The Bertz CT molecular complexity index is 364. The largest absolute Gasteiger partial charge is 0.385 e. The van der Waals surface area contributed by atoms with Gasteiger partial charge >= 0.3 is 0 Å². The first kappa shape index (κ1) is 19.5. The first-order chi connectivity index (χ1) is 11.8. The molecule has 0 aromatic rings. The quantitative estimate of drug-likeness (QED) is 0.345. The molecule has 2 N–H and O–H groups in total. The van der Waals surface area contributed by atoms with Crippen LogP contribution in [0.25, 0.3) is 0 Å². The van der Waals surface area contributed by atoms with Gasteiger partial charge in [-0.2, -0.15) is 0 Å². The fourth-order valence-electron chi connectivity index (χ4n) is 3.66. The van der Waals surface area contributed by atoms with Crippen LogP contribution in [0.4, 0.5) is 0 Å². The van der Waals surface area contributed by atoms with E-state index in [9.17, 15) is 0 Å². The highest BCUT2D eigenvalue weighted by atomic mass is 16.5. The Morgan fingerprint density at radius 3 is 2.54 bits per heavy atom. The third kappa shape index (κ3) is 6.60. The molecule has 2 rings (SSSR count). The predicted molar refractivity (Wildman–Crippen MR) is 99.6 cm³/mol. The summed E-state index contributed by atoms with van der Waals surface area (Å²) in [7, 11) is 1.79. The number of guanidine groups is 1. The minimum atomic E-state index is 0.379. The zero-order chi connectivity index (χ0) is 17.1. The van der Waals surface area contributed by atoms with Crippen molar-refractivity contribution in [3.8, 4) is 0 Å². The number of aliphatic imine (C=N–C) groups is 1. The highest BCUT2D eigenvalue weighted by molar-refractivity contribution is 5.79. The van der Waals surface area contributed by atoms with Crippen LogP contribution in [0.5, 0.6) is 0 Å². The average molecular weight is 340 g/mol. The van der Waals surface area contributed by atoms with Crippen LogP contribution >= 0.6 is 0 Å². The summed E-state index contributed by atoms with van der Waals surface area (Å²) in [4.78, 5) is 4.83. The zero-order valence-electron chi connectivity index (χ0n) is 15.7. The van der Waals surface area contributed by atoms with Crippen molar-refractivity contribution >= 4 is 5.96 Å². The van der Waals surface area contributed by atoms with E-state index in [0.717, 1.165) is 51.6 Å². The standard InChI is InChI=1S/C19H37N3O2/c1-3-20-18(21-13-7-14-24-17-8-4-5-9-17)22-16-19(10-6-11-19)12-15-23-2/h17H,3-16H2,1-2H3,(H2,20,21,22). The van der Waals surface area contributed by atoms with Gasteiger partial charge in [0.1, 0.15) is 0 Å². The number of nitrogens with zero attached hydrogens (tertiary/aromatic N) is 1. The zero-order valence-corrected chi connectivity index (χ0v) is 15.7. The van der Waals surface area contributed by atoms with E-state index >= 15 is 0 Å². The Labute approximate surface area is 148 Å². The van der Waals surface area contributed by atoms with Crippen LogP contribution in [0.2, 0.25) is 0 Å². The highest BCUT2D eigenvalue weighted by Gasteiger charge is 2.36. The Morgan fingerprint density at radius 1 is 1.12 bits per heavy atom. The maximum atomic E-state index is 5.92. The number of hydrogen-bond acceptors (Lipinski definition) is 3. The molecule has 0 radical (unpaired) electrons. The average Bonchev–Trinajstić information content (AvgIpc) is 3.06. The molecule has 0 saturated heterocycles. The fraction of sp³-hybridized carbons (Fsp3) is 0.947. The molecule has 0 amide bonds. The molecule has 2 aliphatic rings. The molecule has 0 aliphatic heterocycles. The molecule has 5 heteroatoms. The summed E-state index contributed by atoms with van der Waals surface area (Å²) in [5, 5.41) is 6.81. The normalized spacial score (nSPS) is 20.8. The Hall–Kier alpha value is -0.810. The van der Waals surface area contributed by atoms with E-state index in [-0.39, 0.29) is 0 Å². The molecule has 0 heterocycles. The van der Waals surface area contributed by atoms with E-state index in [4.69, 9.17) is 14.5 Å². The predicted octanol–water partition coefficient (Wildman–Crippen LogP) is 3.10. The summed E-state index contributed by atoms with van der Waals surface area (Å²) in [6, 6.07) is 0. The van der Waals surface area contributed by atoms with Gasteiger partial charge in [0.2, 0.25) is 0 Å². The summed E-state index contributed by atoms with van der Waals surface area (Å²) in [5.41, 5.74) is 0.379. The van der Waals surface area contributed by atoms with Crippen molar-refractivity contribution < 1.29 is 9.47 Å². The van der Waals surface area contributed by atoms with Gasteiger partial charge in [0, 0.05) is 40.0 Å². The lowest BCUT2D eigenvalue weighted by Gasteiger charge is -2.40. The van der Waals surface area contributed by atoms with Crippen LogP contribution in [-0.4, -0.2) is 52.0 Å². The Balaban J connectivity index is 1.65. The summed E-state index contributed by atoms with van der Waals surface area (Å²) in [6.07, 6.45) is 11.8. The molecule has 0 unspecified atom stereocenters. The second-order valence-electron chi connectivity index (χ2n) is 7.35. The molecule has 24 heavy (non-hydrogen) atoms. The molecule has 2 aliphatic carbocycles. The van der Waals surface area contributed by atoms with E-state index in [1.54, 1.807) is 7.11 Å². The van der Waals surface area contributed by atoms with E-state index in [1.807, 2.05) is 0 Å². The first-order valence-electron chi connectivity index (χ1n) is 9.91. The van der Waals surface area contributed by atoms with Gasteiger partial charge in [0.05, 0.1) is 6.10 Å². The third-order valence-corrected chi connectivity index (χ3v) is 5.44. The minimum absolute atomic E-state index is 0.379. The molecular weight excluding hydrogens is 302 g/mol. The number of hydrogen-bond donors (Lipinski definition) is 2. The van der Waals surface area contributed by atoms with Crippen molar-refractivity contribution in [3.63, 3.8) is 0 Å². The molecule has 0 spiro atoms. The first-order valence-corrected chi connectivity index (χ1v) is 9.91. The van der Waals surface area contributed by atoms with Crippen LogP contribution in [0, 0.1) is 5.41 Å². The number of ether oxygens (including phenoxy) is 2. The van der Waals surface area contributed by atoms with Gasteiger partial charge < -0.3 is 20.1 Å². The van der Waals surface area contributed by atoms with E-state index in [2.05, 4.69) is 17.6 Å². The van der Waals surface area contributed by atoms with Crippen molar-refractivity contribution in [2.24, 2.45) is 10.4 Å². The maximum Gasteiger partial charge on any atom is 0.191 e. The molecule has 2 fully saturated rings. The van der Waals surface area contributed by atoms with Gasteiger partial charge in [-0.1, -0.05) is 19.3 Å². The van der Waals surface area contributed by atoms with Crippen LogP contribution in [0.1, 0.15) is 64.7 Å². The van der Waals surface area contributed by atoms with Crippen molar-refractivity contribution in [1.82, 2.24) is 10.6 Å². The molecule has 0 aromatic carbocycles. The second-order valence-corrected chi connectivity index (χ2v) is 7.35. The molecule has 2 saturated carbocycles. The minimum Gasteiger partial charge on any atom is -0.385 e. The molecule has 5 nitrogen and oxygen atoms in total. The second kappa shape index (κ2) is 10.9. The Morgan fingerprint density at radius 2 is 1.92 bits per heavy atom. The lowest BCUT2D eigenvalue weighted by molar-refractivity contribution is 0.0573. The van der Waals surface area contributed by atoms with Gasteiger partial charge in [-0.05, 0) is 50.9 Å². The third-order valence-electron chi connectivity index (χ3n) is 5.44. The maximum absolute atomic E-state index is 5.92. The van der Waals surface area contributed by atoms with Crippen LogP contribution in [0.3, 0.4) is 0 Å². The molecule has 0 atom stereocenters. The fourth-order valence-corrected chi connectivity index (χ4v) is 3.66. The lowest BCUT2D eigenvalue weighted by Crippen LogP contribution is -2.40. The van der Waals surface area contributed by atoms with E-state index in [1.165, 1.54) is 44.9 Å². The van der Waals surface area contributed by atoms with Crippen LogP contribution < -0.4 is 10.6 Å². The van der Waals surface area contributed by atoms with Gasteiger partial charge in [0.15, 0.2) is 5.96 Å². The van der Waals surface area contributed by atoms with Gasteiger partial charge in [0.25, 0.3) is 0 Å². The monoisotopic (exact) mass is 339 g/mol. The number of methoxy groups -OCH3 is 1. The highest BCUT2D eigenvalue weighted by Crippen LogP contribution is 2.44. The van der Waals surface area contributed by atoms with E-state index < -0.39 is 0 Å². The van der Waals surface area contributed by atoms with Gasteiger partial charge in [-0.25, -0.2) is 0 Å². The Kier molecular flexibility index (Phi) is 8.89. The van der Waals surface area contributed by atoms with Crippen molar-refractivity contribution in [1.29, 1.82) is 0 Å². The summed E-state index contributed by atoms with van der Waals surface area (Å²) < 4.78 is 11.2. The summed E-state index contributed by atoms with van der Waals surface area (Å²) >= 11 is 0. The molecule has 0 aromatic heterocycles. The van der Waals surface area contributed by atoms with Gasteiger partial charge in [-0.3, -0.25) is 4.99 Å². The molecular formula is C19H37N3O2. The van der Waals surface area contributed by atoms with Crippen molar-refractivity contribution in [2.45, 2.75) is 70.8 Å². The van der Waals surface area contributed by atoms with Crippen LogP contribution in [-0.2, 0) is 9.47 Å². The topological polar surface area (TPSA) is 54.9 Å². The van der Waals surface area contributed by atoms with E-state index in [0.29, 0.717) is 11.5 Å². The van der Waals surface area contributed by atoms with Gasteiger partial charge in [-0.15, -0.1) is 0 Å². The SMILES string of the molecule is CCNC(=NCC1(CCOC)CCC1)NCCCOC1CCCC1. The molecule has 140 valence electrons. The smallest absolute Gasteiger partial charge is 0.191 e.